The highest BCUT2D eigenvalue weighted by molar-refractivity contribution is 6.01. The molecule has 3 aliphatic rings. The first-order valence-electron chi connectivity index (χ1n) is 17.1. The molecule has 12 heteroatoms. The van der Waals surface area contributed by atoms with E-state index in [1.165, 1.54) is 19.1 Å². The zero-order valence-corrected chi connectivity index (χ0v) is 27.9. The van der Waals surface area contributed by atoms with Crippen molar-refractivity contribution in [3.8, 4) is 17.4 Å². The van der Waals surface area contributed by atoms with Crippen LogP contribution in [0, 0.1) is 11.6 Å². The monoisotopic (exact) mass is 694 g/mol. The van der Waals surface area contributed by atoms with Gasteiger partial charge in [0.15, 0.2) is 5.78 Å². The first kappa shape index (κ1) is 34.0. The number of aromatic nitrogens is 2. The molecular weight excluding hydrogens is 658 g/mol. The molecule has 2 heterocycles. The summed E-state index contributed by atoms with van der Waals surface area (Å²) in [5, 5.41) is 13.2. The highest BCUT2D eigenvalue weighted by atomic mass is 19.1. The number of Topliss-reactive ketones (excluding diaryl/α,β-unsaturated/α-hetero) is 2. The number of hydrogen-bond acceptors (Lipinski definition) is 9. The average Bonchev–Trinajstić information content (AvgIpc) is 3.09. The zero-order valence-electron chi connectivity index (χ0n) is 27.9. The van der Waals surface area contributed by atoms with Gasteiger partial charge in [0.25, 0.3) is 0 Å². The summed E-state index contributed by atoms with van der Waals surface area (Å²) in [6, 6.07) is 21.2. The highest BCUT2D eigenvalue weighted by Crippen LogP contribution is 2.45. The van der Waals surface area contributed by atoms with E-state index < -0.39 is 29.4 Å². The molecule has 51 heavy (non-hydrogen) atoms. The van der Waals surface area contributed by atoms with E-state index in [0.29, 0.717) is 50.0 Å². The minimum Gasteiger partial charge on any atom is -0.490 e. The van der Waals surface area contributed by atoms with Crippen LogP contribution in [-0.4, -0.2) is 45.7 Å². The van der Waals surface area contributed by atoms with Gasteiger partial charge in [-0.2, -0.15) is 0 Å². The van der Waals surface area contributed by atoms with E-state index >= 15 is 0 Å². The Bertz CT molecular complexity index is 1950. The van der Waals surface area contributed by atoms with Crippen LogP contribution in [0.1, 0.15) is 91.4 Å². The summed E-state index contributed by atoms with van der Waals surface area (Å²) in [7, 11) is 0. The zero-order chi connectivity index (χ0) is 35.7. The second-order valence-corrected chi connectivity index (χ2v) is 13.5. The molecule has 1 aromatic heterocycles. The van der Waals surface area contributed by atoms with E-state index in [1.807, 2.05) is 48.5 Å². The molecule has 2 amide bonds. The predicted molar refractivity (Wildman–Crippen MR) is 182 cm³/mol. The van der Waals surface area contributed by atoms with E-state index in [-0.39, 0.29) is 64.8 Å². The van der Waals surface area contributed by atoms with Crippen LogP contribution in [-0.2, 0) is 19.8 Å². The Morgan fingerprint density at radius 3 is 2.04 bits per heavy atom. The molecule has 1 aliphatic heterocycles. The Balaban J connectivity index is 0.972. The summed E-state index contributed by atoms with van der Waals surface area (Å²) in [5.41, 5.74) is 2.01. The third kappa shape index (κ3) is 7.21. The molecule has 262 valence electrons. The van der Waals surface area contributed by atoms with E-state index in [2.05, 4.69) is 20.8 Å². The molecule has 4 aromatic rings. The van der Waals surface area contributed by atoms with Crippen molar-refractivity contribution in [2.75, 3.05) is 5.32 Å². The van der Waals surface area contributed by atoms with Gasteiger partial charge in [0, 0.05) is 67.8 Å². The first-order valence-corrected chi connectivity index (χ1v) is 17.1. The summed E-state index contributed by atoms with van der Waals surface area (Å²) in [6.07, 6.45) is 3.60. The number of amides is 2. The molecule has 3 aromatic carbocycles. The van der Waals surface area contributed by atoms with E-state index in [9.17, 15) is 28.0 Å². The number of anilines is 1. The van der Waals surface area contributed by atoms with Crippen LogP contribution < -0.4 is 20.1 Å². The minimum atomic E-state index is -1.04. The molecular formula is C39H36F2N4O6. The van der Waals surface area contributed by atoms with Crippen LogP contribution in [0.3, 0.4) is 0 Å². The Labute approximate surface area is 293 Å². The molecule has 1 unspecified atom stereocenters. The van der Waals surface area contributed by atoms with Crippen LogP contribution in [0.4, 0.5) is 14.5 Å². The van der Waals surface area contributed by atoms with Crippen LogP contribution in [0.5, 0.6) is 17.4 Å². The van der Waals surface area contributed by atoms with Crippen molar-refractivity contribution in [2.45, 2.75) is 81.8 Å². The lowest BCUT2D eigenvalue weighted by molar-refractivity contribution is -0.134. The van der Waals surface area contributed by atoms with Gasteiger partial charge in [-0.1, -0.05) is 24.3 Å². The maximum absolute atomic E-state index is 14.9. The normalized spacial score (nSPS) is 21.3. The lowest BCUT2D eigenvalue weighted by Gasteiger charge is -2.39. The molecule has 0 spiro atoms. The lowest BCUT2D eigenvalue weighted by atomic mass is 9.65. The van der Waals surface area contributed by atoms with E-state index in [4.69, 9.17) is 9.47 Å². The van der Waals surface area contributed by atoms with Gasteiger partial charge in [-0.05, 0) is 72.9 Å². The molecule has 7 rings (SSSR count). The van der Waals surface area contributed by atoms with Crippen molar-refractivity contribution in [2.24, 2.45) is 0 Å². The topological polar surface area (TPSA) is 137 Å². The minimum absolute atomic E-state index is 0.0335. The molecule has 3 fully saturated rings. The van der Waals surface area contributed by atoms with Crippen molar-refractivity contribution in [1.29, 1.82) is 0 Å². The number of nitrogens with one attached hydrogen (secondary N) is 2. The van der Waals surface area contributed by atoms with Gasteiger partial charge in [-0.25, -0.2) is 8.78 Å². The SMILES string of the molecule is CC(=O)c1ccc(Oc2ccc(C3(c4ccc(OC5CC(Nc6cc(F)c(C7CCC(=O)NC7=O)c(F)c6)C5)cc4)CCC(=O)CC3)cc2)nn1. The van der Waals surface area contributed by atoms with Gasteiger partial charge in [-0.15, -0.1) is 10.2 Å². The molecule has 1 atom stereocenters. The fourth-order valence-corrected chi connectivity index (χ4v) is 7.25. The number of ketones is 2. The standard InChI is InChI=1S/C39H36F2N4O6/c1-22(46)34-11-13-36(45-44-34)51-29-8-4-24(5-9-29)39(16-14-27(47)15-17-39)23-2-6-28(7-3-23)50-30-18-25(19-30)42-26-20-32(40)37(33(41)21-26)31-10-12-35(48)43-38(31)49/h2-9,11,13,20-21,25,30-31,42H,10,12,14-19H2,1H3,(H,43,48,49). The third-order valence-corrected chi connectivity index (χ3v) is 10.1. The molecule has 0 bridgehead atoms. The summed E-state index contributed by atoms with van der Waals surface area (Å²) >= 11 is 0. The first-order chi connectivity index (χ1) is 24.6. The Morgan fingerprint density at radius 2 is 1.47 bits per heavy atom. The van der Waals surface area contributed by atoms with Gasteiger partial charge in [0.2, 0.25) is 17.7 Å². The van der Waals surface area contributed by atoms with Gasteiger partial charge in [0.1, 0.15) is 40.7 Å². The molecule has 10 nitrogen and oxygen atoms in total. The average molecular weight is 695 g/mol. The van der Waals surface area contributed by atoms with Crippen molar-refractivity contribution in [1.82, 2.24) is 15.5 Å². The van der Waals surface area contributed by atoms with Gasteiger partial charge < -0.3 is 14.8 Å². The van der Waals surface area contributed by atoms with Crippen molar-refractivity contribution in [3.63, 3.8) is 0 Å². The highest BCUT2D eigenvalue weighted by Gasteiger charge is 2.39. The Kier molecular flexibility index (Phi) is 9.33. The number of imide groups is 1. The largest absolute Gasteiger partial charge is 0.490 e. The Morgan fingerprint density at radius 1 is 0.843 bits per heavy atom. The van der Waals surface area contributed by atoms with Crippen molar-refractivity contribution in [3.05, 3.63) is 107 Å². The number of hydrogen-bond donors (Lipinski definition) is 2. The smallest absolute Gasteiger partial charge is 0.238 e. The third-order valence-electron chi connectivity index (χ3n) is 10.1. The fraction of sp³-hybridized carbons (Fsp3) is 0.333. The van der Waals surface area contributed by atoms with Crippen LogP contribution in [0.15, 0.2) is 72.8 Å². The molecule has 1 saturated heterocycles. The van der Waals surface area contributed by atoms with Crippen LogP contribution >= 0.6 is 0 Å². The van der Waals surface area contributed by atoms with E-state index in [0.717, 1.165) is 11.1 Å². The number of rotatable bonds is 10. The summed E-state index contributed by atoms with van der Waals surface area (Å²) < 4.78 is 42.0. The van der Waals surface area contributed by atoms with Gasteiger partial charge in [0.05, 0.1) is 5.92 Å². The number of benzene rings is 3. The number of carbonyl (C=O) groups is 4. The Hall–Kier alpha value is -5.52. The summed E-state index contributed by atoms with van der Waals surface area (Å²) in [4.78, 5) is 47.4. The van der Waals surface area contributed by atoms with Crippen molar-refractivity contribution >= 4 is 29.1 Å². The number of piperidine rings is 1. The number of ether oxygens (including phenoxy) is 2. The maximum Gasteiger partial charge on any atom is 0.238 e. The maximum atomic E-state index is 14.9. The second-order valence-electron chi connectivity index (χ2n) is 13.5. The quantitative estimate of drug-likeness (QED) is 0.137. The second kappa shape index (κ2) is 14.0. The predicted octanol–water partition coefficient (Wildman–Crippen LogP) is 6.72. The van der Waals surface area contributed by atoms with Gasteiger partial charge in [-0.3, -0.25) is 24.5 Å². The van der Waals surface area contributed by atoms with Crippen LogP contribution in [0.25, 0.3) is 0 Å². The number of carbonyl (C=O) groups excluding carboxylic acids is 4. The molecule has 0 radical (unpaired) electrons. The number of nitrogens with zero attached hydrogens (tertiary/aromatic N) is 2. The molecule has 2 aliphatic carbocycles. The van der Waals surface area contributed by atoms with Crippen molar-refractivity contribution < 1.29 is 37.4 Å². The molecule has 2 N–H and O–H groups in total. The lowest BCUT2D eigenvalue weighted by Crippen LogP contribution is -2.42. The van der Waals surface area contributed by atoms with E-state index in [1.54, 1.807) is 12.1 Å². The summed E-state index contributed by atoms with van der Waals surface area (Å²) in [6.45, 7) is 1.42. The van der Waals surface area contributed by atoms with Gasteiger partial charge >= 0.3 is 0 Å². The molecule has 2 saturated carbocycles. The van der Waals surface area contributed by atoms with Crippen LogP contribution in [0.2, 0.25) is 0 Å². The number of halogens is 2. The summed E-state index contributed by atoms with van der Waals surface area (Å²) in [5.74, 6) is -2.19. The fourth-order valence-electron chi connectivity index (χ4n) is 7.25.